The van der Waals surface area contributed by atoms with E-state index in [4.69, 9.17) is 0 Å². The summed E-state index contributed by atoms with van der Waals surface area (Å²) in [6.07, 6.45) is 0. The Morgan fingerprint density at radius 2 is 2.07 bits per heavy atom. The molecule has 3 rings (SSSR count). The van der Waals surface area contributed by atoms with E-state index >= 15 is 0 Å². The van der Waals surface area contributed by atoms with Gasteiger partial charge in [0.05, 0.1) is 5.56 Å². The fourth-order valence-electron chi connectivity index (χ4n) is 1.86. The molecule has 0 saturated carbocycles. The molecular weight excluding hydrogens is 242 g/mol. The molecule has 0 atom stereocenters. The summed E-state index contributed by atoms with van der Waals surface area (Å²) in [5.41, 5.74) is 1.67. The topological polar surface area (TPSA) is 29.1 Å². The fraction of sp³-hybridized carbons (Fsp3) is 0. The van der Waals surface area contributed by atoms with Gasteiger partial charge >= 0.3 is 0 Å². The van der Waals surface area contributed by atoms with Crippen LogP contribution in [0.2, 0.25) is 0 Å². The Morgan fingerprint density at radius 3 is 2.93 bits per heavy atom. The molecule has 0 unspecified atom stereocenters. The third-order valence-electron chi connectivity index (χ3n) is 2.43. The van der Waals surface area contributed by atoms with Crippen molar-refractivity contribution < 1.29 is 4.79 Å². The van der Waals surface area contributed by atoms with Crippen LogP contribution >= 0.6 is 15.9 Å². The van der Waals surface area contributed by atoms with E-state index in [9.17, 15) is 4.79 Å². The number of hydrogen-bond acceptors (Lipinski definition) is 1. The number of amides is 1. The number of nitrogens with one attached hydrogen (secondary N) is 1. The Kier molecular flexibility index (Phi) is 1.47. The Hall–Kier alpha value is -1.35. The average molecular weight is 248 g/mol. The zero-order valence-corrected chi connectivity index (χ0v) is 8.76. The van der Waals surface area contributed by atoms with Gasteiger partial charge in [0.1, 0.15) is 0 Å². The Morgan fingerprint density at radius 1 is 1.21 bits per heavy atom. The van der Waals surface area contributed by atoms with Crippen molar-refractivity contribution in [3.05, 3.63) is 40.4 Å². The van der Waals surface area contributed by atoms with Crippen molar-refractivity contribution in [3.8, 4) is 0 Å². The second-order valence-corrected chi connectivity index (χ2v) is 4.23. The lowest BCUT2D eigenvalue weighted by atomic mass is 10.1. The number of anilines is 1. The zero-order chi connectivity index (χ0) is 9.71. The number of rotatable bonds is 0. The van der Waals surface area contributed by atoms with E-state index in [1.165, 1.54) is 0 Å². The van der Waals surface area contributed by atoms with Crippen LogP contribution in [0.15, 0.2) is 34.8 Å². The predicted molar refractivity (Wildman–Crippen MR) is 59.6 cm³/mol. The van der Waals surface area contributed by atoms with Gasteiger partial charge in [-0.3, -0.25) is 4.79 Å². The maximum Gasteiger partial charge on any atom is 0.256 e. The molecule has 0 spiro atoms. The molecule has 1 heterocycles. The minimum Gasteiger partial charge on any atom is -0.321 e. The van der Waals surface area contributed by atoms with E-state index in [1.54, 1.807) is 0 Å². The van der Waals surface area contributed by atoms with E-state index in [2.05, 4.69) is 21.2 Å². The highest BCUT2D eigenvalue weighted by Crippen LogP contribution is 2.34. The van der Waals surface area contributed by atoms with Crippen molar-refractivity contribution >= 4 is 38.3 Å². The SMILES string of the molecule is O=C1Nc2cccc3cc(Br)cc1c23. The van der Waals surface area contributed by atoms with E-state index in [0.717, 1.165) is 26.5 Å². The summed E-state index contributed by atoms with van der Waals surface area (Å²) < 4.78 is 0.939. The molecule has 1 N–H and O–H groups in total. The summed E-state index contributed by atoms with van der Waals surface area (Å²) in [5.74, 6) is -0.0162. The van der Waals surface area contributed by atoms with Crippen LogP contribution in [0.1, 0.15) is 10.4 Å². The molecule has 1 aliphatic rings. The molecule has 3 heteroatoms. The molecular formula is C11H6BrNO. The van der Waals surface area contributed by atoms with Gasteiger partial charge in [0, 0.05) is 15.5 Å². The fourth-order valence-corrected chi connectivity index (χ4v) is 2.34. The Balaban J connectivity index is 2.56. The monoisotopic (exact) mass is 247 g/mol. The summed E-state index contributed by atoms with van der Waals surface area (Å²) in [5, 5.41) is 4.95. The largest absolute Gasteiger partial charge is 0.321 e. The lowest BCUT2D eigenvalue weighted by Crippen LogP contribution is -2.03. The molecule has 14 heavy (non-hydrogen) atoms. The van der Waals surface area contributed by atoms with Gasteiger partial charge in [-0.05, 0) is 23.6 Å². The first-order valence-corrected chi connectivity index (χ1v) is 5.08. The maximum atomic E-state index is 11.6. The van der Waals surface area contributed by atoms with Crippen LogP contribution in [-0.2, 0) is 0 Å². The van der Waals surface area contributed by atoms with Crippen LogP contribution in [0.25, 0.3) is 10.8 Å². The van der Waals surface area contributed by atoms with E-state index in [0.29, 0.717) is 0 Å². The van der Waals surface area contributed by atoms with E-state index in [-0.39, 0.29) is 5.91 Å². The maximum absolute atomic E-state index is 11.6. The summed E-state index contributed by atoms with van der Waals surface area (Å²) in [6.45, 7) is 0. The first kappa shape index (κ1) is 8.00. The molecule has 0 aromatic heterocycles. The highest BCUT2D eigenvalue weighted by Gasteiger charge is 2.21. The third kappa shape index (κ3) is 0.930. The van der Waals surface area contributed by atoms with Crippen molar-refractivity contribution in [2.45, 2.75) is 0 Å². The molecule has 1 aliphatic heterocycles. The molecule has 68 valence electrons. The van der Waals surface area contributed by atoms with Gasteiger partial charge in [0.25, 0.3) is 5.91 Å². The van der Waals surface area contributed by atoms with Crippen LogP contribution in [0, 0.1) is 0 Å². The van der Waals surface area contributed by atoms with Gasteiger partial charge in [-0.15, -0.1) is 0 Å². The number of halogens is 1. The molecule has 0 aliphatic carbocycles. The number of benzene rings is 2. The summed E-state index contributed by atoms with van der Waals surface area (Å²) in [7, 11) is 0. The van der Waals surface area contributed by atoms with Crippen LogP contribution in [-0.4, -0.2) is 5.91 Å². The lowest BCUT2D eigenvalue weighted by molar-refractivity contribution is 0.103. The van der Waals surface area contributed by atoms with Gasteiger partial charge in [-0.2, -0.15) is 0 Å². The van der Waals surface area contributed by atoms with Gasteiger partial charge in [0.2, 0.25) is 0 Å². The van der Waals surface area contributed by atoms with Crippen molar-refractivity contribution in [3.63, 3.8) is 0 Å². The molecule has 0 bridgehead atoms. The van der Waals surface area contributed by atoms with Crippen molar-refractivity contribution in [1.82, 2.24) is 0 Å². The minimum absolute atomic E-state index is 0.0162. The van der Waals surface area contributed by atoms with Crippen LogP contribution in [0.5, 0.6) is 0 Å². The van der Waals surface area contributed by atoms with E-state index < -0.39 is 0 Å². The van der Waals surface area contributed by atoms with Crippen LogP contribution < -0.4 is 5.32 Å². The second kappa shape index (κ2) is 2.58. The normalized spacial score (nSPS) is 13.4. The van der Waals surface area contributed by atoms with Crippen LogP contribution in [0.4, 0.5) is 5.69 Å². The highest BCUT2D eigenvalue weighted by molar-refractivity contribution is 9.10. The minimum atomic E-state index is -0.0162. The van der Waals surface area contributed by atoms with Gasteiger partial charge in [-0.25, -0.2) is 0 Å². The van der Waals surface area contributed by atoms with Gasteiger partial charge in [-0.1, -0.05) is 28.1 Å². The molecule has 0 saturated heterocycles. The second-order valence-electron chi connectivity index (χ2n) is 3.31. The van der Waals surface area contributed by atoms with Crippen molar-refractivity contribution in [2.24, 2.45) is 0 Å². The molecule has 2 nitrogen and oxygen atoms in total. The molecule has 0 fully saturated rings. The molecule has 0 radical (unpaired) electrons. The number of carbonyl (C=O) groups excluding carboxylic acids is 1. The summed E-state index contributed by atoms with van der Waals surface area (Å²) in [4.78, 5) is 11.6. The van der Waals surface area contributed by atoms with Crippen LogP contribution in [0.3, 0.4) is 0 Å². The standard InChI is InChI=1S/C11H6BrNO/c12-7-4-6-2-1-3-9-10(6)8(5-7)11(14)13-9/h1-5H,(H,13,14). The van der Waals surface area contributed by atoms with E-state index in [1.807, 2.05) is 30.3 Å². The average Bonchev–Trinajstić information content (AvgIpc) is 2.45. The number of carbonyl (C=O) groups is 1. The smallest absolute Gasteiger partial charge is 0.256 e. The number of hydrogen-bond donors (Lipinski definition) is 1. The zero-order valence-electron chi connectivity index (χ0n) is 7.17. The predicted octanol–water partition coefficient (Wildman–Crippen LogP) is 3.17. The quantitative estimate of drug-likeness (QED) is 0.762. The van der Waals surface area contributed by atoms with Crippen molar-refractivity contribution in [2.75, 3.05) is 5.32 Å². The summed E-state index contributed by atoms with van der Waals surface area (Å²) >= 11 is 3.39. The molecule has 2 aromatic rings. The van der Waals surface area contributed by atoms with Crippen molar-refractivity contribution in [1.29, 1.82) is 0 Å². The Labute approximate surface area is 89.1 Å². The van der Waals surface area contributed by atoms with Gasteiger partial charge < -0.3 is 5.32 Å². The Bertz CT molecular complexity index is 562. The lowest BCUT2D eigenvalue weighted by Gasteiger charge is -1.99. The third-order valence-corrected chi connectivity index (χ3v) is 2.89. The first-order chi connectivity index (χ1) is 6.75. The molecule has 2 aromatic carbocycles. The molecule has 1 amide bonds. The first-order valence-electron chi connectivity index (χ1n) is 4.29. The summed E-state index contributed by atoms with van der Waals surface area (Å²) in [6, 6.07) is 9.74. The highest BCUT2D eigenvalue weighted by atomic mass is 79.9. The van der Waals surface area contributed by atoms with Gasteiger partial charge in [0.15, 0.2) is 0 Å².